The molecule has 0 radical (unpaired) electrons. The fourth-order valence-electron chi connectivity index (χ4n) is 1.02. The summed E-state index contributed by atoms with van der Waals surface area (Å²) >= 11 is 5.33. The largest absolute Gasteiger partial charge is 0.448 e. The van der Waals surface area contributed by atoms with Crippen LogP contribution in [0.25, 0.3) is 0 Å². The first kappa shape index (κ1) is 12.1. The number of hydrogen-bond donors (Lipinski definition) is 2. The molecule has 0 aliphatic heterocycles. The maximum Gasteiger partial charge on any atom is 0.407 e. The van der Waals surface area contributed by atoms with Gasteiger partial charge in [0.15, 0.2) is 0 Å². The van der Waals surface area contributed by atoms with Crippen LogP contribution in [0.5, 0.6) is 0 Å². The van der Waals surface area contributed by atoms with Crippen LogP contribution in [0.15, 0.2) is 0 Å². The average Bonchev–Trinajstić information content (AvgIpc) is 3.04. The number of carbonyl (C=O) groups is 2. The predicted octanol–water partition coefficient (Wildman–Crippen LogP) is 0.478. The van der Waals surface area contributed by atoms with E-state index in [1.165, 1.54) is 0 Å². The average molecular weight is 235 g/mol. The molecule has 15 heavy (non-hydrogen) atoms. The van der Waals surface area contributed by atoms with Crippen LogP contribution in [0.4, 0.5) is 4.79 Å². The van der Waals surface area contributed by atoms with Crippen LogP contribution in [0.1, 0.15) is 12.8 Å². The zero-order valence-corrected chi connectivity index (χ0v) is 9.18. The van der Waals surface area contributed by atoms with Gasteiger partial charge in [-0.25, -0.2) is 4.79 Å². The summed E-state index contributed by atoms with van der Waals surface area (Å²) in [6, 6.07) is 0. The van der Waals surface area contributed by atoms with E-state index in [1.807, 2.05) is 0 Å². The van der Waals surface area contributed by atoms with Crippen molar-refractivity contribution in [2.75, 3.05) is 25.6 Å². The van der Waals surface area contributed by atoms with Gasteiger partial charge in [0.2, 0.25) is 5.91 Å². The summed E-state index contributed by atoms with van der Waals surface area (Å²) in [6.07, 6.45) is 1.46. The van der Waals surface area contributed by atoms with Gasteiger partial charge in [0.05, 0.1) is 5.88 Å². The minimum atomic E-state index is -0.503. The maximum atomic E-state index is 11.1. The maximum absolute atomic E-state index is 11.1. The molecule has 0 aromatic carbocycles. The molecule has 2 N–H and O–H groups in total. The van der Waals surface area contributed by atoms with E-state index in [-0.39, 0.29) is 24.3 Å². The molecule has 1 rings (SSSR count). The zero-order chi connectivity index (χ0) is 11.1. The monoisotopic (exact) mass is 234 g/mol. The van der Waals surface area contributed by atoms with Crippen molar-refractivity contribution in [2.24, 2.45) is 5.92 Å². The van der Waals surface area contributed by atoms with Gasteiger partial charge < -0.3 is 15.4 Å². The fourth-order valence-corrected chi connectivity index (χ4v) is 1.10. The number of ether oxygens (including phenoxy) is 1. The number of hydrogen-bond acceptors (Lipinski definition) is 3. The van der Waals surface area contributed by atoms with Gasteiger partial charge in [0.1, 0.15) is 6.61 Å². The first-order valence-corrected chi connectivity index (χ1v) is 5.52. The molecule has 0 aromatic rings. The van der Waals surface area contributed by atoms with Crippen LogP contribution in [0, 0.1) is 5.92 Å². The van der Waals surface area contributed by atoms with E-state index in [9.17, 15) is 9.59 Å². The fraction of sp³-hybridized carbons (Fsp3) is 0.778. The van der Waals surface area contributed by atoms with Crippen molar-refractivity contribution in [3.05, 3.63) is 0 Å². The molecule has 0 spiro atoms. The second-order valence-corrected chi connectivity index (χ2v) is 3.69. The van der Waals surface area contributed by atoms with Gasteiger partial charge in [0.25, 0.3) is 0 Å². The minimum absolute atomic E-state index is 0.0749. The molecule has 86 valence electrons. The smallest absolute Gasteiger partial charge is 0.407 e. The van der Waals surface area contributed by atoms with E-state index in [0.29, 0.717) is 13.1 Å². The van der Waals surface area contributed by atoms with E-state index >= 15 is 0 Å². The molecule has 2 amide bonds. The van der Waals surface area contributed by atoms with Crippen molar-refractivity contribution in [3.8, 4) is 0 Å². The normalized spacial score (nSPS) is 14.5. The predicted molar refractivity (Wildman–Crippen MR) is 55.8 cm³/mol. The van der Waals surface area contributed by atoms with Gasteiger partial charge in [-0.1, -0.05) is 0 Å². The lowest BCUT2D eigenvalue weighted by molar-refractivity contribution is -0.122. The number of nitrogens with one attached hydrogen (secondary N) is 2. The number of alkyl halides is 1. The van der Waals surface area contributed by atoms with E-state index in [2.05, 4.69) is 15.4 Å². The Morgan fingerprint density at radius 2 is 1.93 bits per heavy atom. The number of alkyl carbamates (subject to hydrolysis) is 1. The van der Waals surface area contributed by atoms with Crippen molar-refractivity contribution < 1.29 is 14.3 Å². The second-order valence-electron chi connectivity index (χ2n) is 3.32. The topological polar surface area (TPSA) is 67.4 Å². The molecule has 1 aliphatic rings. The van der Waals surface area contributed by atoms with Crippen LogP contribution in [-0.4, -0.2) is 37.6 Å². The highest BCUT2D eigenvalue weighted by Crippen LogP contribution is 2.28. The number of amides is 2. The van der Waals surface area contributed by atoms with E-state index in [1.54, 1.807) is 0 Å². The summed E-state index contributed by atoms with van der Waals surface area (Å²) < 4.78 is 4.66. The highest BCUT2D eigenvalue weighted by molar-refractivity contribution is 6.18. The van der Waals surface area contributed by atoms with Gasteiger partial charge in [-0.2, -0.15) is 0 Å². The molecule has 6 heteroatoms. The Labute approximate surface area is 93.5 Å². The first-order chi connectivity index (χ1) is 7.24. The quantitative estimate of drug-likeness (QED) is 0.519. The van der Waals surface area contributed by atoms with Crippen molar-refractivity contribution >= 4 is 23.6 Å². The summed E-state index contributed by atoms with van der Waals surface area (Å²) in [5.74, 6) is 0.561. The third kappa shape index (κ3) is 5.47. The Bertz CT molecular complexity index is 231. The molecule has 0 saturated heterocycles. The SMILES string of the molecule is O=C(NCCNC(=O)C1CC1)OCCCl. The Hall–Kier alpha value is -0.970. The summed E-state index contributed by atoms with van der Waals surface area (Å²) in [6.45, 7) is 1.01. The second kappa shape index (κ2) is 6.50. The molecule has 1 fully saturated rings. The van der Waals surface area contributed by atoms with E-state index < -0.39 is 6.09 Å². The summed E-state index contributed by atoms with van der Waals surface area (Å²) in [5, 5.41) is 5.22. The summed E-state index contributed by atoms with van der Waals surface area (Å²) in [4.78, 5) is 22.0. The molecule has 0 bridgehead atoms. The standard InChI is InChI=1S/C9H15ClN2O3/c10-3-6-15-9(14)12-5-4-11-8(13)7-1-2-7/h7H,1-6H2,(H,11,13)(H,12,14). The molecule has 0 unspecified atom stereocenters. The number of halogens is 1. The lowest BCUT2D eigenvalue weighted by Crippen LogP contribution is -2.35. The molecular weight excluding hydrogens is 220 g/mol. The van der Waals surface area contributed by atoms with Gasteiger partial charge in [-0.15, -0.1) is 11.6 Å². The lowest BCUT2D eigenvalue weighted by atomic mass is 10.4. The Balaban J connectivity index is 1.91. The van der Waals surface area contributed by atoms with Crippen molar-refractivity contribution in [1.82, 2.24) is 10.6 Å². The minimum Gasteiger partial charge on any atom is -0.448 e. The zero-order valence-electron chi connectivity index (χ0n) is 8.42. The molecule has 0 atom stereocenters. The molecule has 5 nitrogen and oxygen atoms in total. The Morgan fingerprint density at radius 3 is 2.53 bits per heavy atom. The highest BCUT2D eigenvalue weighted by atomic mass is 35.5. The van der Waals surface area contributed by atoms with Crippen LogP contribution < -0.4 is 10.6 Å². The van der Waals surface area contributed by atoms with Crippen LogP contribution in [0.2, 0.25) is 0 Å². The van der Waals surface area contributed by atoms with Crippen LogP contribution in [0.3, 0.4) is 0 Å². The number of rotatable bonds is 6. The highest BCUT2D eigenvalue weighted by Gasteiger charge is 2.28. The lowest BCUT2D eigenvalue weighted by Gasteiger charge is -2.06. The molecule has 1 saturated carbocycles. The Kier molecular flexibility index (Phi) is 5.25. The molecule has 1 aliphatic carbocycles. The van der Waals surface area contributed by atoms with Crippen molar-refractivity contribution in [3.63, 3.8) is 0 Å². The van der Waals surface area contributed by atoms with Gasteiger partial charge in [-0.05, 0) is 12.8 Å². The van der Waals surface area contributed by atoms with Crippen LogP contribution in [-0.2, 0) is 9.53 Å². The van der Waals surface area contributed by atoms with E-state index in [4.69, 9.17) is 11.6 Å². The van der Waals surface area contributed by atoms with E-state index in [0.717, 1.165) is 12.8 Å². The molecule has 0 heterocycles. The molecule has 0 aromatic heterocycles. The first-order valence-electron chi connectivity index (χ1n) is 4.98. The van der Waals surface area contributed by atoms with Gasteiger partial charge in [-0.3, -0.25) is 4.79 Å². The van der Waals surface area contributed by atoms with Crippen molar-refractivity contribution in [2.45, 2.75) is 12.8 Å². The Morgan fingerprint density at radius 1 is 1.27 bits per heavy atom. The van der Waals surface area contributed by atoms with Gasteiger partial charge in [0, 0.05) is 19.0 Å². The van der Waals surface area contributed by atoms with Gasteiger partial charge >= 0.3 is 6.09 Å². The van der Waals surface area contributed by atoms with Crippen LogP contribution >= 0.6 is 11.6 Å². The number of carbonyl (C=O) groups excluding carboxylic acids is 2. The molecular formula is C9H15ClN2O3. The third-order valence-corrected chi connectivity index (χ3v) is 2.11. The summed E-state index contributed by atoms with van der Waals surface area (Å²) in [7, 11) is 0. The third-order valence-electron chi connectivity index (χ3n) is 1.95. The summed E-state index contributed by atoms with van der Waals surface area (Å²) in [5.41, 5.74) is 0. The van der Waals surface area contributed by atoms with Crippen molar-refractivity contribution in [1.29, 1.82) is 0 Å².